The highest BCUT2D eigenvalue weighted by Gasteiger charge is 2.37. The topological polar surface area (TPSA) is 44.8 Å². The molecule has 1 saturated heterocycles. The molecule has 0 saturated carbocycles. The molecule has 25 heavy (non-hydrogen) atoms. The Morgan fingerprint density at radius 1 is 1.24 bits per heavy atom. The quantitative estimate of drug-likeness (QED) is 0.660. The molecule has 4 nitrogen and oxygen atoms in total. The number of hydrogen-bond donors (Lipinski definition) is 0. The molecule has 0 amide bonds. The molecule has 0 spiro atoms. The van der Waals surface area contributed by atoms with Crippen LogP contribution < -0.4 is 0 Å². The first-order valence-corrected chi connectivity index (χ1v) is 9.46. The molecule has 0 N–H and O–H groups in total. The van der Waals surface area contributed by atoms with Crippen molar-refractivity contribution < 1.29 is 19.0 Å². The molecule has 1 heterocycles. The van der Waals surface area contributed by atoms with Gasteiger partial charge in [0, 0.05) is 5.92 Å². The molecule has 1 aliphatic rings. The van der Waals surface area contributed by atoms with E-state index in [4.69, 9.17) is 14.2 Å². The third-order valence-electron chi connectivity index (χ3n) is 5.08. The van der Waals surface area contributed by atoms with Gasteiger partial charge in [0.25, 0.3) is 0 Å². The molecule has 0 radical (unpaired) electrons. The average Bonchev–Trinajstić information content (AvgIpc) is 2.62. The Kier molecular flexibility index (Phi) is 7.91. The van der Waals surface area contributed by atoms with Crippen molar-refractivity contribution in [3.05, 3.63) is 35.9 Å². The van der Waals surface area contributed by atoms with E-state index in [2.05, 4.69) is 26.0 Å². The van der Waals surface area contributed by atoms with Crippen molar-refractivity contribution in [2.75, 3.05) is 13.2 Å². The van der Waals surface area contributed by atoms with Crippen molar-refractivity contribution in [1.29, 1.82) is 0 Å². The lowest BCUT2D eigenvalue weighted by Crippen LogP contribution is -2.44. The number of carbonyl (C=O) groups excluding carboxylic acids is 1. The Morgan fingerprint density at radius 2 is 1.96 bits per heavy atom. The van der Waals surface area contributed by atoms with Crippen LogP contribution in [0.4, 0.5) is 0 Å². The predicted molar refractivity (Wildman–Crippen MR) is 98.1 cm³/mol. The summed E-state index contributed by atoms with van der Waals surface area (Å²) in [4.78, 5) is 12.1. The molecule has 4 heteroatoms. The van der Waals surface area contributed by atoms with Crippen LogP contribution in [0.1, 0.15) is 46.1 Å². The molecule has 1 fully saturated rings. The van der Waals surface area contributed by atoms with Crippen LogP contribution >= 0.6 is 0 Å². The Bertz CT molecular complexity index is 516. The van der Waals surface area contributed by atoms with Gasteiger partial charge in [-0.3, -0.25) is 4.79 Å². The summed E-state index contributed by atoms with van der Waals surface area (Å²) in [6.45, 7) is 9.77. The predicted octanol–water partition coefficient (Wildman–Crippen LogP) is 4.22. The molecule has 1 unspecified atom stereocenters. The summed E-state index contributed by atoms with van der Waals surface area (Å²) in [5.74, 6) is 0.282. The van der Waals surface area contributed by atoms with Crippen molar-refractivity contribution >= 4 is 5.97 Å². The lowest BCUT2D eigenvalue weighted by Gasteiger charge is -2.39. The fourth-order valence-electron chi connectivity index (χ4n) is 3.48. The largest absolute Gasteiger partial charge is 0.466 e. The van der Waals surface area contributed by atoms with Crippen molar-refractivity contribution in [2.45, 2.75) is 59.4 Å². The van der Waals surface area contributed by atoms with E-state index in [-0.39, 0.29) is 24.1 Å². The standard InChI is InChI=1S/C21H32O4/c1-5-24-21(22)17(4)20-15(2)11-12-19(25-20)16(3)13-23-14-18-9-7-6-8-10-18/h6-10,15-17,19-20H,5,11-14H2,1-4H3/t15-,16+,17-,19?,20-/m0/s1. The number of hydrogen-bond acceptors (Lipinski definition) is 4. The minimum absolute atomic E-state index is 0.0747. The highest BCUT2D eigenvalue weighted by molar-refractivity contribution is 5.72. The second kappa shape index (κ2) is 9.93. The number of esters is 1. The van der Waals surface area contributed by atoms with Gasteiger partial charge in [0.15, 0.2) is 0 Å². The van der Waals surface area contributed by atoms with Crippen LogP contribution in [0.25, 0.3) is 0 Å². The maximum Gasteiger partial charge on any atom is 0.311 e. The van der Waals surface area contributed by atoms with Gasteiger partial charge >= 0.3 is 5.97 Å². The van der Waals surface area contributed by atoms with E-state index < -0.39 is 0 Å². The zero-order valence-electron chi connectivity index (χ0n) is 15.9. The van der Waals surface area contributed by atoms with Crippen molar-refractivity contribution in [3.8, 4) is 0 Å². The molecular formula is C21H32O4. The van der Waals surface area contributed by atoms with Crippen LogP contribution in [0, 0.1) is 17.8 Å². The molecule has 0 bridgehead atoms. The van der Waals surface area contributed by atoms with Gasteiger partial charge in [0.1, 0.15) is 0 Å². The van der Waals surface area contributed by atoms with Gasteiger partial charge in [-0.2, -0.15) is 0 Å². The Hall–Kier alpha value is -1.39. The van der Waals surface area contributed by atoms with Gasteiger partial charge in [-0.05, 0) is 38.2 Å². The summed E-state index contributed by atoms with van der Waals surface area (Å²) >= 11 is 0. The molecular weight excluding hydrogens is 316 g/mol. The second-order valence-corrected chi connectivity index (χ2v) is 7.21. The van der Waals surface area contributed by atoms with E-state index >= 15 is 0 Å². The number of ether oxygens (including phenoxy) is 3. The Balaban J connectivity index is 1.83. The van der Waals surface area contributed by atoms with E-state index in [0.29, 0.717) is 31.7 Å². The number of rotatable bonds is 8. The van der Waals surface area contributed by atoms with E-state index in [0.717, 1.165) is 12.8 Å². The smallest absolute Gasteiger partial charge is 0.311 e. The van der Waals surface area contributed by atoms with Crippen LogP contribution in [-0.4, -0.2) is 31.4 Å². The summed E-state index contributed by atoms with van der Waals surface area (Å²) in [6, 6.07) is 10.2. The summed E-state index contributed by atoms with van der Waals surface area (Å²) in [5, 5.41) is 0. The Labute approximate surface area is 151 Å². The molecule has 0 aromatic heterocycles. The maximum absolute atomic E-state index is 12.1. The minimum Gasteiger partial charge on any atom is -0.466 e. The second-order valence-electron chi connectivity index (χ2n) is 7.21. The van der Waals surface area contributed by atoms with Crippen molar-refractivity contribution in [1.82, 2.24) is 0 Å². The van der Waals surface area contributed by atoms with Crippen LogP contribution in [0.2, 0.25) is 0 Å². The molecule has 1 aromatic carbocycles. The first kappa shape index (κ1) is 19.9. The first-order valence-electron chi connectivity index (χ1n) is 9.46. The highest BCUT2D eigenvalue weighted by atomic mass is 16.5. The summed E-state index contributed by atoms with van der Waals surface area (Å²) < 4.78 is 17.4. The van der Waals surface area contributed by atoms with Crippen LogP contribution in [-0.2, 0) is 25.6 Å². The number of benzene rings is 1. The highest BCUT2D eigenvalue weighted by Crippen LogP contribution is 2.33. The maximum atomic E-state index is 12.1. The van der Waals surface area contributed by atoms with Gasteiger partial charge in [-0.25, -0.2) is 0 Å². The molecule has 1 aliphatic heterocycles. The molecule has 1 aromatic rings. The van der Waals surface area contributed by atoms with Crippen LogP contribution in [0.15, 0.2) is 30.3 Å². The zero-order chi connectivity index (χ0) is 18.2. The monoisotopic (exact) mass is 348 g/mol. The van der Waals surface area contributed by atoms with Gasteiger partial charge in [-0.15, -0.1) is 0 Å². The van der Waals surface area contributed by atoms with E-state index in [9.17, 15) is 4.79 Å². The van der Waals surface area contributed by atoms with Gasteiger partial charge in [-0.1, -0.05) is 44.2 Å². The summed E-state index contributed by atoms with van der Waals surface area (Å²) in [6.07, 6.45) is 2.15. The fourth-order valence-corrected chi connectivity index (χ4v) is 3.48. The summed E-state index contributed by atoms with van der Waals surface area (Å²) in [5.41, 5.74) is 1.18. The molecule has 5 atom stereocenters. The van der Waals surface area contributed by atoms with Crippen LogP contribution in [0.3, 0.4) is 0 Å². The zero-order valence-corrected chi connectivity index (χ0v) is 15.9. The van der Waals surface area contributed by atoms with E-state index in [1.165, 1.54) is 5.56 Å². The van der Waals surface area contributed by atoms with Gasteiger partial charge in [0.2, 0.25) is 0 Å². The fraction of sp³-hybridized carbons (Fsp3) is 0.667. The van der Waals surface area contributed by atoms with Crippen LogP contribution in [0.5, 0.6) is 0 Å². The van der Waals surface area contributed by atoms with Gasteiger partial charge < -0.3 is 14.2 Å². The van der Waals surface area contributed by atoms with Gasteiger partial charge in [0.05, 0.1) is 37.9 Å². The first-order chi connectivity index (χ1) is 12.0. The third kappa shape index (κ3) is 5.82. The van der Waals surface area contributed by atoms with Crippen molar-refractivity contribution in [2.24, 2.45) is 17.8 Å². The molecule has 2 rings (SSSR count). The minimum atomic E-state index is -0.227. The van der Waals surface area contributed by atoms with E-state index in [1.807, 2.05) is 32.0 Å². The Morgan fingerprint density at radius 3 is 2.64 bits per heavy atom. The lowest BCUT2D eigenvalue weighted by molar-refractivity contribution is -0.167. The molecule has 0 aliphatic carbocycles. The van der Waals surface area contributed by atoms with Crippen molar-refractivity contribution in [3.63, 3.8) is 0 Å². The third-order valence-corrected chi connectivity index (χ3v) is 5.08. The normalized spacial score (nSPS) is 26.0. The number of carbonyl (C=O) groups is 1. The lowest BCUT2D eigenvalue weighted by atomic mass is 9.84. The summed E-state index contributed by atoms with van der Waals surface area (Å²) in [7, 11) is 0. The van der Waals surface area contributed by atoms with E-state index in [1.54, 1.807) is 0 Å². The molecule has 140 valence electrons. The SMILES string of the molecule is CCOC(=O)[C@@H](C)[C@H]1OC([C@H](C)COCc2ccccc2)CC[C@@H]1C. The average molecular weight is 348 g/mol.